The van der Waals surface area contributed by atoms with Gasteiger partial charge in [0.05, 0.1) is 57.5 Å². The summed E-state index contributed by atoms with van der Waals surface area (Å²) < 4.78 is 28.4. The summed E-state index contributed by atoms with van der Waals surface area (Å²) in [7, 11) is 0. The first-order chi connectivity index (χ1) is 12.3. The topological polar surface area (TPSA) is 72.2 Å². The summed E-state index contributed by atoms with van der Waals surface area (Å²) in [5.41, 5.74) is 5.41. The lowest BCUT2D eigenvalue weighted by atomic mass is 10.1. The molecule has 4 atom stereocenters. The summed E-state index contributed by atoms with van der Waals surface area (Å²) in [4.78, 5) is 0. The lowest BCUT2D eigenvalue weighted by molar-refractivity contribution is -0.0917. The van der Waals surface area contributed by atoms with Crippen LogP contribution in [0.3, 0.4) is 0 Å². The highest BCUT2D eigenvalue weighted by Crippen LogP contribution is 2.05. The largest absolute Gasteiger partial charge is 0.379 e. The molecule has 6 nitrogen and oxygen atoms in total. The van der Waals surface area contributed by atoms with Crippen LogP contribution in [0.15, 0.2) is 0 Å². The fourth-order valence-corrected chi connectivity index (χ4v) is 2.20. The zero-order valence-electron chi connectivity index (χ0n) is 17.9. The van der Waals surface area contributed by atoms with Gasteiger partial charge in [-0.15, -0.1) is 0 Å². The van der Waals surface area contributed by atoms with E-state index in [-0.39, 0.29) is 24.4 Å². The second kappa shape index (κ2) is 16.9. The minimum Gasteiger partial charge on any atom is -0.379 e. The van der Waals surface area contributed by atoms with E-state index in [1.165, 1.54) is 6.42 Å². The van der Waals surface area contributed by atoms with Crippen LogP contribution >= 0.6 is 0 Å². The molecule has 0 bridgehead atoms. The van der Waals surface area contributed by atoms with Crippen LogP contribution < -0.4 is 5.73 Å². The molecule has 0 aromatic heterocycles. The molecule has 0 spiro atoms. The molecule has 6 heteroatoms. The van der Waals surface area contributed by atoms with Crippen molar-refractivity contribution < 1.29 is 23.7 Å². The third kappa shape index (κ3) is 17.2. The molecule has 0 amide bonds. The van der Waals surface area contributed by atoms with Gasteiger partial charge in [0.2, 0.25) is 0 Å². The van der Waals surface area contributed by atoms with Crippen LogP contribution in [-0.2, 0) is 23.7 Å². The predicted octanol–water partition coefficient (Wildman–Crippen LogP) is 3.02. The van der Waals surface area contributed by atoms with E-state index in [1.807, 2.05) is 27.7 Å². The number of rotatable bonds is 18. The summed E-state index contributed by atoms with van der Waals surface area (Å²) in [5, 5.41) is 0. The first-order valence-electron chi connectivity index (χ1n) is 10.1. The molecule has 4 unspecified atom stereocenters. The van der Waals surface area contributed by atoms with E-state index < -0.39 is 0 Å². The third-order valence-electron chi connectivity index (χ3n) is 3.79. The number of hydrogen-bond donors (Lipinski definition) is 1. The quantitative estimate of drug-likeness (QED) is 0.370. The van der Waals surface area contributed by atoms with E-state index in [0.717, 1.165) is 18.9 Å². The van der Waals surface area contributed by atoms with E-state index >= 15 is 0 Å². The molecule has 0 aromatic rings. The second-order valence-corrected chi connectivity index (χ2v) is 7.51. The first kappa shape index (κ1) is 25.8. The van der Waals surface area contributed by atoms with Crippen LogP contribution in [0, 0.1) is 5.92 Å². The smallest absolute Gasteiger partial charge is 0.0781 e. The number of nitrogens with two attached hydrogens (primary N) is 1. The van der Waals surface area contributed by atoms with Crippen molar-refractivity contribution in [2.45, 2.75) is 78.8 Å². The fraction of sp³-hybridized carbons (Fsp3) is 1.00. The van der Waals surface area contributed by atoms with E-state index in [2.05, 4.69) is 13.8 Å². The maximum absolute atomic E-state index is 5.79. The molecule has 26 heavy (non-hydrogen) atoms. The Bertz CT molecular complexity index is 304. The van der Waals surface area contributed by atoms with Crippen molar-refractivity contribution in [3.05, 3.63) is 0 Å². The minimum absolute atomic E-state index is 0.0168. The highest BCUT2D eigenvalue weighted by atomic mass is 16.6. The van der Waals surface area contributed by atoms with Crippen molar-refractivity contribution in [2.75, 3.05) is 46.2 Å². The van der Waals surface area contributed by atoms with Gasteiger partial charge in [0.1, 0.15) is 0 Å². The van der Waals surface area contributed by atoms with Crippen LogP contribution in [0.2, 0.25) is 0 Å². The predicted molar refractivity (Wildman–Crippen MR) is 106 cm³/mol. The molecular weight excluding hydrogens is 334 g/mol. The van der Waals surface area contributed by atoms with Crippen molar-refractivity contribution in [3.8, 4) is 0 Å². The van der Waals surface area contributed by atoms with Crippen LogP contribution in [0.1, 0.15) is 54.4 Å². The Morgan fingerprint density at radius 2 is 1.08 bits per heavy atom. The van der Waals surface area contributed by atoms with Crippen LogP contribution in [0.4, 0.5) is 0 Å². The average molecular weight is 378 g/mol. The maximum atomic E-state index is 5.79. The molecule has 0 fully saturated rings. The Labute approximate surface area is 161 Å². The second-order valence-electron chi connectivity index (χ2n) is 7.51. The zero-order chi connectivity index (χ0) is 19.8. The summed E-state index contributed by atoms with van der Waals surface area (Å²) in [5.74, 6) is 0.735. The first-order valence-corrected chi connectivity index (χ1v) is 10.1. The number of hydrogen-bond acceptors (Lipinski definition) is 6. The molecule has 0 rings (SSSR count). The molecule has 2 N–H and O–H groups in total. The van der Waals surface area contributed by atoms with E-state index in [1.54, 1.807) is 0 Å². The summed E-state index contributed by atoms with van der Waals surface area (Å²) in [6.07, 6.45) is 2.48. The molecular formula is C20H43NO5. The molecule has 0 radical (unpaired) electrons. The van der Waals surface area contributed by atoms with Gasteiger partial charge in [0.25, 0.3) is 0 Å². The van der Waals surface area contributed by atoms with Crippen LogP contribution in [0.25, 0.3) is 0 Å². The summed E-state index contributed by atoms with van der Waals surface area (Å²) in [6, 6.07) is 0. The lowest BCUT2D eigenvalue weighted by Crippen LogP contribution is -2.28. The standard InChI is InChI=1S/C20H43NO5/c1-16(2)8-7-10-22-12-17(3)24-14-19(5)26-15-20(6)25-13-18(4)23-11-9-21/h16-20H,7-15,21H2,1-6H3. The fourth-order valence-electron chi connectivity index (χ4n) is 2.20. The third-order valence-corrected chi connectivity index (χ3v) is 3.79. The highest BCUT2D eigenvalue weighted by Gasteiger charge is 2.11. The molecule has 0 saturated carbocycles. The summed E-state index contributed by atoms with van der Waals surface area (Å²) >= 11 is 0. The van der Waals surface area contributed by atoms with Crippen molar-refractivity contribution in [2.24, 2.45) is 11.7 Å². The molecule has 158 valence electrons. The van der Waals surface area contributed by atoms with Crippen molar-refractivity contribution >= 4 is 0 Å². The van der Waals surface area contributed by atoms with E-state index in [4.69, 9.17) is 29.4 Å². The van der Waals surface area contributed by atoms with E-state index in [0.29, 0.717) is 39.6 Å². The molecule has 0 aliphatic heterocycles. The Morgan fingerprint density at radius 3 is 1.54 bits per heavy atom. The van der Waals surface area contributed by atoms with Gasteiger partial charge < -0.3 is 29.4 Å². The Hall–Kier alpha value is -0.240. The lowest BCUT2D eigenvalue weighted by Gasteiger charge is -2.21. The molecule has 0 aliphatic rings. The SMILES string of the molecule is CC(C)CCCOCC(C)OCC(C)OCC(C)OCC(C)OCCN. The Kier molecular flexibility index (Phi) is 16.7. The van der Waals surface area contributed by atoms with Gasteiger partial charge in [-0.1, -0.05) is 13.8 Å². The van der Waals surface area contributed by atoms with Gasteiger partial charge in [-0.05, 0) is 46.5 Å². The van der Waals surface area contributed by atoms with Crippen molar-refractivity contribution in [1.29, 1.82) is 0 Å². The van der Waals surface area contributed by atoms with Gasteiger partial charge in [-0.3, -0.25) is 0 Å². The molecule has 0 aliphatic carbocycles. The zero-order valence-corrected chi connectivity index (χ0v) is 17.9. The minimum atomic E-state index is 0.0168. The van der Waals surface area contributed by atoms with Crippen LogP contribution in [0.5, 0.6) is 0 Å². The highest BCUT2D eigenvalue weighted by molar-refractivity contribution is 4.57. The summed E-state index contributed by atoms with van der Waals surface area (Å²) in [6.45, 7) is 16.6. The molecule has 0 saturated heterocycles. The van der Waals surface area contributed by atoms with E-state index in [9.17, 15) is 0 Å². The Balaban J connectivity index is 3.61. The Morgan fingerprint density at radius 1 is 0.615 bits per heavy atom. The van der Waals surface area contributed by atoms with Crippen molar-refractivity contribution in [3.63, 3.8) is 0 Å². The molecule has 0 aromatic carbocycles. The van der Waals surface area contributed by atoms with Gasteiger partial charge in [0.15, 0.2) is 0 Å². The van der Waals surface area contributed by atoms with Gasteiger partial charge in [-0.25, -0.2) is 0 Å². The normalized spacial score (nSPS) is 16.6. The number of ether oxygens (including phenoxy) is 5. The average Bonchev–Trinajstić information content (AvgIpc) is 2.60. The molecule has 0 heterocycles. The van der Waals surface area contributed by atoms with Gasteiger partial charge in [0, 0.05) is 13.2 Å². The maximum Gasteiger partial charge on any atom is 0.0781 e. The van der Waals surface area contributed by atoms with Gasteiger partial charge in [-0.2, -0.15) is 0 Å². The van der Waals surface area contributed by atoms with Gasteiger partial charge >= 0.3 is 0 Å². The monoisotopic (exact) mass is 377 g/mol. The van der Waals surface area contributed by atoms with Crippen LogP contribution in [-0.4, -0.2) is 70.6 Å². The van der Waals surface area contributed by atoms with Crippen molar-refractivity contribution in [1.82, 2.24) is 0 Å².